The first-order chi connectivity index (χ1) is 10.1. The molecule has 0 aromatic carbocycles. The molecule has 2 aromatic rings. The number of carboxylic acids is 1. The van der Waals surface area contributed by atoms with Crippen LogP contribution in [-0.2, 0) is 6.54 Å². The van der Waals surface area contributed by atoms with E-state index in [2.05, 4.69) is 18.8 Å². The number of carboxylic acid groups (broad SMARTS) is 1. The maximum absolute atomic E-state index is 11.3. The van der Waals surface area contributed by atoms with Crippen LogP contribution in [0.15, 0.2) is 18.3 Å². The van der Waals surface area contributed by atoms with Crippen molar-refractivity contribution < 1.29 is 14.8 Å². The van der Waals surface area contributed by atoms with Gasteiger partial charge in [-0.3, -0.25) is 4.40 Å². The van der Waals surface area contributed by atoms with Gasteiger partial charge < -0.3 is 14.8 Å². The number of aromatic nitrogens is 2. The fourth-order valence-electron chi connectivity index (χ4n) is 2.65. The summed E-state index contributed by atoms with van der Waals surface area (Å²) in [6.45, 7) is 6.84. The van der Waals surface area contributed by atoms with Gasteiger partial charge in [-0.25, -0.2) is 4.98 Å². The number of imidazole rings is 1. The van der Waals surface area contributed by atoms with Gasteiger partial charge in [0.25, 0.3) is 0 Å². The Balaban J connectivity index is 2.45. The zero-order valence-electron chi connectivity index (χ0n) is 12.4. The maximum Gasteiger partial charge on any atom is 0.137 e. The highest BCUT2D eigenvalue weighted by Gasteiger charge is 2.18. The van der Waals surface area contributed by atoms with E-state index >= 15 is 0 Å². The van der Waals surface area contributed by atoms with Crippen LogP contribution < -0.4 is 10.0 Å². The van der Waals surface area contributed by atoms with Crippen molar-refractivity contribution in [3.8, 4) is 0 Å². The number of aromatic carboxylic acids is 1. The fourth-order valence-corrected chi connectivity index (χ4v) is 2.81. The van der Waals surface area contributed by atoms with Gasteiger partial charge in [-0.15, -0.1) is 0 Å². The number of hydrogen-bond acceptors (Lipinski definition) is 3. The van der Waals surface area contributed by atoms with Crippen LogP contribution in [0.2, 0.25) is 5.02 Å². The van der Waals surface area contributed by atoms with E-state index in [4.69, 9.17) is 11.6 Å². The van der Waals surface area contributed by atoms with Crippen LogP contribution in [0.3, 0.4) is 0 Å². The molecule has 0 bridgehead atoms. The number of carbonyl (C=O) groups excluding carboxylic acids is 1. The third kappa shape index (κ3) is 3.54. The number of nitrogens with zero attached hydrogens (tertiary/aromatic N) is 2. The van der Waals surface area contributed by atoms with Gasteiger partial charge in [-0.1, -0.05) is 25.4 Å². The predicted molar refractivity (Wildman–Crippen MR) is 79.5 cm³/mol. The van der Waals surface area contributed by atoms with Crippen LogP contribution in [0.4, 0.5) is 0 Å². The van der Waals surface area contributed by atoms with Crippen molar-refractivity contribution in [3.05, 3.63) is 34.7 Å². The van der Waals surface area contributed by atoms with Gasteiger partial charge in [0.2, 0.25) is 0 Å². The van der Waals surface area contributed by atoms with Crippen LogP contribution in [0.1, 0.15) is 42.9 Å². The van der Waals surface area contributed by atoms with E-state index in [0.29, 0.717) is 22.9 Å². The number of carbonyl (C=O) groups is 1. The van der Waals surface area contributed by atoms with Crippen molar-refractivity contribution in [2.75, 3.05) is 13.1 Å². The number of quaternary nitrogens is 1. The Kier molecular flexibility index (Phi) is 5.20. The first-order valence-electron chi connectivity index (χ1n) is 7.28. The highest BCUT2D eigenvalue weighted by Crippen LogP contribution is 2.16. The van der Waals surface area contributed by atoms with Gasteiger partial charge in [0.15, 0.2) is 0 Å². The summed E-state index contributed by atoms with van der Waals surface area (Å²) in [5, 5.41) is 11.9. The summed E-state index contributed by atoms with van der Waals surface area (Å²) < 4.78 is 1.76. The molecule has 2 aromatic heterocycles. The summed E-state index contributed by atoms with van der Waals surface area (Å²) in [7, 11) is 0. The maximum atomic E-state index is 11.3. The first kappa shape index (κ1) is 15.8. The van der Waals surface area contributed by atoms with Gasteiger partial charge in [0.1, 0.15) is 23.6 Å². The molecule has 2 heterocycles. The molecule has 0 fully saturated rings. The average molecular weight is 310 g/mol. The zero-order chi connectivity index (χ0) is 15.4. The number of rotatable bonds is 7. The Morgan fingerprint density at radius 1 is 1.33 bits per heavy atom. The molecule has 0 atom stereocenters. The lowest BCUT2D eigenvalue weighted by Crippen LogP contribution is -3.10. The van der Waals surface area contributed by atoms with Crippen molar-refractivity contribution >= 4 is 23.2 Å². The normalized spacial score (nSPS) is 11.4. The van der Waals surface area contributed by atoms with Gasteiger partial charge in [-0.2, -0.15) is 0 Å². The van der Waals surface area contributed by atoms with Crippen LogP contribution in [0.5, 0.6) is 0 Å². The molecule has 0 aliphatic rings. The van der Waals surface area contributed by atoms with E-state index in [1.54, 1.807) is 22.7 Å². The standard InChI is InChI=1S/C15H20ClN3O2/c1-3-7-18(8-4-2)10-12-14(15(20)21)17-13-6-5-11(16)9-19(12)13/h5-6,9H,3-4,7-8,10H2,1-2H3,(H,20,21). The van der Waals surface area contributed by atoms with Crippen LogP contribution >= 0.6 is 11.6 Å². The highest BCUT2D eigenvalue weighted by atomic mass is 35.5. The molecule has 6 heteroatoms. The fraction of sp³-hybridized carbons (Fsp3) is 0.467. The van der Waals surface area contributed by atoms with E-state index < -0.39 is 5.97 Å². The Bertz CT molecular complexity index is 633. The topological polar surface area (TPSA) is 61.9 Å². The lowest BCUT2D eigenvalue weighted by molar-refractivity contribution is -0.914. The molecular weight excluding hydrogens is 290 g/mol. The summed E-state index contributed by atoms with van der Waals surface area (Å²) >= 11 is 6.02. The molecule has 0 saturated carbocycles. The largest absolute Gasteiger partial charge is 0.543 e. The second-order valence-corrected chi connectivity index (χ2v) is 5.63. The van der Waals surface area contributed by atoms with Crippen molar-refractivity contribution in [3.63, 3.8) is 0 Å². The van der Waals surface area contributed by atoms with Crippen LogP contribution in [0, 0.1) is 0 Å². The minimum atomic E-state index is -1.24. The summed E-state index contributed by atoms with van der Waals surface area (Å²) in [4.78, 5) is 16.8. The van der Waals surface area contributed by atoms with Crippen molar-refractivity contribution in [1.82, 2.24) is 9.38 Å². The molecule has 0 radical (unpaired) electrons. The highest BCUT2D eigenvalue weighted by molar-refractivity contribution is 6.30. The van der Waals surface area contributed by atoms with Gasteiger partial charge >= 0.3 is 0 Å². The number of fused-ring (bicyclic) bond motifs is 1. The monoisotopic (exact) mass is 309 g/mol. The first-order valence-corrected chi connectivity index (χ1v) is 7.66. The van der Waals surface area contributed by atoms with Gasteiger partial charge in [0, 0.05) is 6.20 Å². The molecule has 0 spiro atoms. The Morgan fingerprint density at radius 3 is 2.57 bits per heavy atom. The third-order valence-electron chi connectivity index (χ3n) is 3.50. The Labute approximate surface area is 129 Å². The quantitative estimate of drug-likeness (QED) is 0.813. The molecule has 5 nitrogen and oxygen atoms in total. The van der Waals surface area contributed by atoms with E-state index in [0.717, 1.165) is 25.9 Å². The Morgan fingerprint density at radius 2 is 2.00 bits per heavy atom. The van der Waals surface area contributed by atoms with Crippen molar-refractivity contribution in [2.24, 2.45) is 0 Å². The molecular formula is C15H20ClN3O2. The predicted octanol–water partition coefficient (Wildman–Crippen LogP) is 0.556. The van der Waals surface area contributed by atoms with Crippen molar-refractivity contribution in [1.29, 1.82) is 0 Å². The summed E-state index contributed by atoms with van der Waals surface area (Å²) in [5.41, 5.74) is 1.26. The van der Waals surface area contributed by atoms with E-state index in [9.17, 15) is 9.90 Å². The minimum absolute atomic E-state index is 0.0157. The Hall–Kier alpha value is -1.59. The van der Waals surface area contributed by atoms with Gasteiger partial charge in [-0.05, 0) is 25.0 Å². The lowest BCUT2D eigenvalue weighted by Gasteiger charge is -2.18. The van der Waals surface area contributed by atoms with E-state index in [1.165, 1.54) is 4.90 Å². The van der Waals surface area contributed by atoms with Crippen LogP contribution in [-0.4, -0.2) is 28.4 Å². The van der Waals surface area contributed by atoms with E-state index in [1.807, 2.05) is 0 Å². The smallest absolute Gasteiger partial charge is 0.137 e. The SMILES string of the molecule is CCC[NH+](CCC)Cc1c(C(=O)[O-])nc2ccc(Cl)cn12. The summed E-state index contributed by atoms with van der Waals surface area (Å²) in [6.07, 6.45) is 3.81. The summed E-state index contributed by atoms with van der Waals surface area (Å²) in [6, 6.07) is 3.42. The number of hydrogen-bond donors (Lipinski definition) is 1. The number of pyridine rings is 1. The number of halogens is 1. The molecule has 1 N–H and O–H groups in total. The average Bonchev–Trinajstić information content (AvgIpc) is 2.78. The second-order valence-electron chi connectivity index (χ2n) is 5.20. The second kappa shape index (κ2) is 6.91. The van der Waals surface area contributed by atoms with Crippen molar-refractivity contribution in [2.45, 2.75) is 33.2 Å². The minimum Gasteiger partial charge on any atom is -0.543 e. The molecule has 2 rings (SSSR count). The van der Waals surface area contributed by atoms with Crippen LogP contribution in [0.25, 0.3) is 5.65 Å². The van der Waals surface area contributed by atoms with E-state index in [-0.39, 0.29) is 5.69 Å². The molecule has 0 unspecified atom stereocenters. The molecule has 0 amide bonds. The lowest BCUT2D eigenvalue weighted by atomic mass is 10.2. The number of nitrogens with one attached hydrogen (secondary N) is 1. The molecule has 21 heavy (non-hydrogen) atoms. The zero-order valence-corrected chi connectivity index (χ0v) is 13.1. The summed E-state index contributed by atoms with van der Waals surface area (Å²) in [5.74, 6) is -1.24. The molecule has 0 aliphatic heterocycles. The van der Waals surface area contributed by atoms with Gasteiger partial charge in [0.05, 0.1) is 24.1 Å². The molecule has 0 aliphatic carbocycles. The third-order valence-corrected chi connectivity index (χ3v) is 3.72. The molecule has 0 saturated heterocycles. The molecule has 114 valence electrons.